The number of nitrogens with zero attached hydrogens (tertiary/aromatic N) is 1. The van der Waals surface area contributed by atoms with E-state index < -0.39 is 11.4 Å². The van der Waals surface area contributed by atoms with Crippen molar-refractivity contribution in [1.82, 2.24) is 10.6 Å². The molecule has 1 aromatic carbocycles. The van der Waals surface area contributed by atoms with Gasteiger partial charge in [-0.3, -0.25) is 20.4 Å². The molecule has 1 saturated heterocycles. The predicted octanol–water partition coefficient (Wildman–Crippen LogP) is 2.79. The SMILES string of the molecule is CCC1(CC)C(=O)NC(=O)NC1=N[C@H](C)c1ccccc1. The molecular formula is C16H21N3O2. The number of imide groups is 1. The Kier molecular flexibility index (Phi) is 4.40. The van der Waals surface area contributed by atoms with Crippen LogP contribution in [0.5, 0.6) is 0 Å². The van der Waals surface area contributed by atoms with E-state index in [9.17, 15) is 9.59 Å². The maximum absolute atomic E-state index is 12.3. The first kappa shape index (κ1) is 15.2. The topological polar surface area (TPSA) is 70.6 Å². The van der Waals surface area contributed by atoms with Crippen molar-refractivity contribution >= 4 is 17.8 Å². The Bertz CT molecular complexity index is 562. The molecular weight excluding hydrogens is 266 g/mol. The van der Waals surface area contributed by atoms with E-state index in [0.717, 1.165) is 5.56 Å². The third-order valence-electron chi connectivity index (χ3n) is 4.16. The van der Waals surface area contributed by atoms with Crippen LogP contribution in [0.2, 0.25) is 0 Å². The Morgan fingerprint density at radius 1 is 1.10 bits per heavy atom. The number of hydrogen-bond donors (Lipinski definition) is 2. The fourth-order valence-electron chi connectivity index (χ4n) is 2.65. The molecule has 21 heavy (non-hydrogen) atoms. The molecule has 1 aliphatic heterocycles. The van der Waals surface area contributed by atoms with Crippen LogP contribution in [0.1, 0.15) is 45.2 Å². The first-order chi connectivity index (χ1) is 10.0. The number of nitrogens with one attached hydrogen (secondary N) is 2. The van der Waals surface area contributed by atoms with E-state index in [0.29, 0.717) is 18.7 Å². The van der Waals surface area contributed by atoms with Crippen LogP contribution < -0.4 is 10.6 Å². The third kappa shape index (κ3) is 2.82. The van der Waals surface area contributed by atoms with E-state index in [-0.39, 0.29) is 11.9 Å². The highest BCUT2D eigenvalue weighted by Crippen LogP contribution is 2.31. The largest absolute Gasteiger partial charge is 0.326 e. The van der Waals surface area contributed by atoms with E-state index >= 15 is 0 Å². The minimum absolute atomic E-state index is 0.120. The van der Waals surface area contributed by atoms with E-state index in [1.165, 1.54) is 0 Å². The highest BCUT2D eigenvalue weighted by molar-refractivity contribution is 6.21. The first-order valence-corrected chi connectivity index (χ1v) is 7.29. The molecule has 0 aromatic heterocycles. The molecule has 1 aromatic rings. The van der Waals surface area contributed by atoms with Crippen LogP contribution in [-0.2, 0) is 4.79 Å². The van der Waals surface area contributed by atoms with Crippen molar-refractivity contribution in [2.45, 2.75) is 39.7 Å². The normalized spacial score (nSPS) is 20.8. The fraction of sp³-hybridized carbons (Fsp3) is 0.438. The van der Waals surface area contributed by atoms with Crippen LogP contribution in [0.25, 0.3) is 0 Å². The van der Waals surface area contributed by atoms with Crippen molar-refractivity contribution in [1.29, 1.82) is 0 Å². The van der Waals surface area contributed by atoms with Crippen molar-refractivity contribution in [3.8, 4) is 0 Å². The minimum atomic E-state index is -0.753. The lowest BCUT2D eigenvalue weighted by Crippen LogP contribution is -2.62. The summed E-state index contributed by atoms with van der Waals surface area (Å²) < 4.78 is 0. The predicted molar refractivity (Wildman–Crippen MR) is 82.0 cm³/mol. The molecule has 5 heteroatoms. The summed E-state index contributed by atoms with van der Waals surface area (Å²) in [6, 6.07) is 9.19. The summed E-state index contributed by atoms with van der Waals surface area (Å²) in [6.07, 6.45) is 1.19. The van der Waals surface area contributed by atoms with Gasteiger partial charge in [0.15, 0.2) is 0 Å². The molecule has 1 atom stereocenters. The van der Waals surface area contributed by atoms with Gasteiger partial charge in [-0.25, -0.2) is 4.79 Å². The van der Waals surface area contributed by atoms with Crippen molar-refractivity contribution in [3.63, 3.8) is 0 Å². The van der Waals surface area contributed by atoms with E-state index in [1.807, 2.05) is 51.1 Å². The number of urea groups is 1. The van der Waals surface area contributed by atoms with Gasteiger partial charge >= 0.3 is 6.03 Å². The van der Waals surface area contributed by atoms with Crippen LogP contribution in [0, 0.1) is 5.41 Å². The fourth-order valence-corrected chi connectivity index (χ4v) is 2.65. The number of rotatable bonds is 4. The molecule has 1 fully saturated rings. The van der Waals surface area contributed by atoms with Gasteiger partial charge in [0.05, 0.1) is 6.04 Å². The number of aliphatic imine (C=N–C) groups is 1. The number of amidine groups is 1. The molecule has 0 aliphatic carbocycles. The molecule has 0 saturated carbocycles. The van der Waals surface area contributed by atoms with Gasteiger partial charge in [0.25, 0.3) is 0 Å². The summed E-state index contributed by atoms with van der Waals surface area (Å²) in [6.45, 7) is 5.82. The first-order valence-electron chi connectivity index (χ1n) is 7.29. The maximum Gasteiger partial charge on any atom is 0.326 e. The number of hydrogen-bond acceptors (Lipinski definition) is 3. The standard InChI is InChI=1S/C16H21N3O2/c1-4-16(5-2)13(18-15(21)19-14(16)20)17-11(3)12-9-7-6-8-10-12/h6-11H,4-5H2,1-3H3,(H2,17,18,19,20,21)/t11-/m1/s1. The van der Waals surface area contributed by atoms with E-state index in [1.54, 1.807) is 0 Å². The molecule has 1 aliphatic rings. The second-order valence-electron chi connectivity index (χ2n) is 5.26. The minimum Gasteiger partial charge on any atom is -0.295 e. The van der Waals surface area contributed by atoms with Crippen LogP contribution in [0.15, 0.2) is 35.3 Å². The molecule has 2 N–H and O–H groups in total. The van der Waals surface area contributed by atoms with Crippen LogP contribution >= 0.6 is 0 Å². The molecule has 0 bridgehead atoms. The van der Waals surface area contributed by atoms with Crippen LogP contribution in [0.4, 0.5) is 4.79 Å². The highest BCUT2D eigenvalue weighted by atomic mass is 16.2. The molecule has 5 nitrogen and oxygen atoms in total. The second-order valence-corrected chi connectivity index (χ2v) is 5.26. The van der Waals surface area contributed by atoms with Gasteiger partial charge in [0, 0.05) is 0 Å². The van der Waals surface area contributed by atoms with Crippen LogP contribution in [-0.4, -0.2) is 17.8 Å². The van der Waals surface area contributed by atoms with Gasteiger partial charge in [-0.2, -0.15) is 0 Å². The third-order valence-corrected chi connectivity index (χ3v) is 4.16. The van der Waals surface area contributed by atoms with Gasteiger partial charge in [0.2, 0.25) is 5.91 Å². The average molecular weight is 287 g/mol. The Balaban J connectivity index is 2.39. The van der Waals surface area contributed by atoms with Gasteiger partial charge < -0.3 is 0 Å². The number of amides is 3. The maximum atomic E-state index is 12.3. The lowest BCUT2D eigenvalue weighted by atomic mass is 9.78. The smallest absolute Gasteiger partial charge is 0.295 e. The van der Waals surface area contributed by atoms with Gasteiger partial charge in [0.1, 0.15) is 11.3 Å². The Morgan fingerprint density at radius 2 is 1.71 bits per heavy atom. The van der Waals surface area contributed by atoms with E-state index in [4.69, 9.17) is 0 Å². The molecule has 112 valence electrons. The second kappa shape index (κ2) is 6.08. The molecule has 0 radical (unpaired) electrons. The van der Waals surface area contributed by atoms with E-state index in [2.05, 4.69) is 15.6 Å². The number of carbonyl (C=O) groups is 2. The van der Waals surface area contributed by atoms with Gasteiger partial charge in [-0.1, -0.05) is 44.2 Å². The van der Waals surface area contributed by atoms with Gasteiger partial charge in [-0.05, 0) is 25.3 Å². The van der Waals surface area contributed by atoms with Crippen molar-refractivity contribution in [2.75, 3.05) is 0 Å². The Hall–Kier alpha value is -2.17. The van der Waals surface area contributed by atoms with Crippen molar-refractivity contribution in [2.24, 2.45) is 10.4 Å². The number of benzene rings is 1. The lowest BCUT2D eigenvalue weighted by molar-refractivity contribution is -0.127. The zero-order valence-electron chi connectivity index (χ0n) is 12.6. The Labute approximate surface area is 124 Å². The van der Waals surface area contributed by atoms with Crippen molar-refractivity contribution in [3.05, 3.63) is 35.9 Å². The van der Waals surface area contributed by atoms with Crippen molar-refractivity contribution < 1.29 is 9.59 Å². The molecule has 3 amide bonds. The quantitative estimate of drug-likeness (QED) is 0.894. The molecule has 0 spiro atoms. The summed E-state index contributed by atoms with van der Waals surface area (Å²) in [7, 11) is 0. The number of carbonyl (C=O) groups excluding carboxylic acids is 2. The summed E-state index contributed by atoms with van der Waals surface area (Å²) in [5, 5.41) is 5.06. The van der Waals surface area contributed by atoms with Gasteiger partial charge in [-0.15, -0.1) is 0 Å². The summed E-state index contributed by atoms with van der Waals surface area (Å²) in [5.74, 6) is 0.202. The average Bonchev–Trinajstić information content (AvgIpc) is 2.49. The Morgan fingerprint density at radius 3 is 2.29 bits per heavy atom. The monoisotopic (exact) mass is 287 g/mol. The summed E-state index contributed by atoms with van der Waals surface area (Å²) in [4.78, 5) is 28.5. The molecule has 2 rings (SSSR count). The molecule has 1 heterocycles. The summed E-state index contributed by atoms with van der Waals surface area (Å²) >= 11 is 0. The lowest BCUT2D eigenvalue weighted by Gasteiger charge is -2.35. The molecule has 0 unspecified atom stereocenters. The zero-order chi connectivity index (χ0) is 15.5. The zero-order valence-corrected chi connectivity index (χ0v) is 12.6. The van der Waals surface area contributed by atoms with Crippen LogP contribution in [0.3, 0.4) is 0 Å². The summed E-state index contributed by atoms with van der Waals surface area (Å²) in [5.41, 5.74) is 0.295. The highest BCUT2D eigenvalue weighted by Gasteiger charge is 2.45.